The number of hydrogen-bond donors (Lipinski definition) is 0. The predicted molar refractivity (Wildman–Crippen MR) is 246 cm³/mol. The molecule has 0 fully saturated rings. The molecule has 0 saturated heterocycles. The van der Waals surface area contributed by atoms with Crippen LogP contribution in [0.4, 0.5) is 0 Å². The van der Waals surface area contributed by atoms with Crippen LogP contribution in [0.5, 0.6) is 23.0 Å². The van der Waals surface area contributed by atoms with Crippen molar-refractivity contribution in [3.8, 4) is 56.4 Å². The summed E-state index contributed by atoms with van der Waals surface area (Å²) in [6.45, 7) is 19.0. The smallest absolute Gasteiger partial charge is 0.333 e. The average molecular weight is 831 g/mol. The molecule has 0 aliphatic heterocycles. The largest absolute Gasteiger partial charge is 0.489 e. The number of carbonyl (C=O) groups excluding carboxylic acids is 2. The van der Waals surface area contributed by atoms with Crippen molar-refractivity contribution in [2.45, 2.75) is 53.8 Å². The van der Waals surface area contributed by atoms with E-state index in [2.05, 4.69) is 37.4 Å². The average Bonchev–Trinajstić information content (AvgIpc) is 3.27. The monoisotopic (exact) mass is 830 g/mol. The van der Waals surface area contributed by atoms with E-state index < -0.39 is 24.1 Å². The number of aryl methyl sites for hydroxylation is 4. The third-order valence-corrected chi connectivity index (χ3v) is 10.1. The highest BCUT2D eigenvalue weighted by Gasteiger charge is 2.22. The SMILES string of the molecule is C=C(C)C(=O)OC(COc1ccccc1-c1ccccc1)COc1c(C)cc(-c2cc(C)c(OCC(COc3ccccc3-c3ccccc3)OC(=O)C(=C)C)c(C)c2)cc1C. The van der Waals surface area contributed by atoms with E-state index in [1.54, 1.807) is 13.8 Å². The zero-order valence-corrected chi connectivity index (χ0v) is 36.4. The van der Waals surface area contributed by atoms with Gasteiger partial charge in [-0.1, -0.05) is 110 Å². The molecule has 0 aromatic heterocycles. The van der Waals surface area contributed by atoms with Crippen molar-refractivity contribution in [2.75, 3.05) is 26.4 Å². The highest BCUT2D eigenvalue weighted by atomic mass is 16.6. The summed E-state index contributed by atoms with van der Waals surface area (Å²) in [5.41, 5.74) is 10.2. The number of benzene rings is 6. The molecule has 6 rings (SSSR count). The highest BCUT2D eigenvalue weighted by molar-refractivity contribution is 5.87. The summed E-state index contributed by atoms with van der Waals surface area (Å²) >= 11 is 0. The molecule has 6 aromatic carbocycles. The summed E-state index contributed by atoms with van der Waals surface area (Å²) in [6, 6.07) is 43.8. The summed E-state index contributed by atoms with van der Waals surface area (Å²) in [4.78, 5) is 25.4. The number of rotatable bonds is 19. The van der Waals surface area contributed by atoms with Crippen LogP contribution >= 0.6 is 0 Å². The summed E-state index contributed by atoms with van der Waals surface area (Å²) in [5.74, 6) is 1.73. The summed E-state index contributed by atoms with van der Waals surface area (Å²) in [7, 11) is 0. The summed E-state index contributed by atoms with van der Waals surface area (Å²) in [5, 5.41) is 0. The normalized spacial score (nSPS) is 11.8. The van der Waals surface area contributed by atoms with Crippen molar-refractivity contribution < 1.29 is 38.0 Å². The van der Waals surface area contributed by atoms with Gasteiger partial charge < -0.3 is 28.4 Å². The van der Waals surface area contributed by atoms with Crippen LogP contribution < -0.4 is 18.9 Å². The lowest BCUT2D eigenvalue weighted by Crippen LogP contribution is -2.31. The Morgan fingerprint density at radius 2 is 0.742 bits per heavy atom. The van der Waals surface area contributed by atoms with Gasteiger partial charge in [-0.2, -0.15) is 0 Å². The topological polar surface area (TPSA) is 89.5 Å². The van der Waals surface area contributed by atoms with Crippen LogP contribution in [0.1, 0.15) is 36.1 Å². The molecule has 62 heavy (non-hydrogen) atoms. The molecule has 318 valence electrons. The van der Waals surface area contributed by atoms with Crippen molar-refractivity contribution in [2.24, 2.45) is 0 Å². The third-order valence-electron chi connectivity index (χ3n) is 10.1. The first-order valence-electron chi connectivity index (χ1n) is 20.6. The maximum atomic E-state index is 12.7. The van der Waals surface area contributed by atoms with Gasteiger partial charge >= 0.3 is 11.9 Å². The van der Waals surface area contributed by atoms with Gasteiger partial charge in [0.2, 0.25) is 0 Å². The fraction of sp³-hybridized carbons (Fsp3) is 0.222. The minimum atomic E-state index is -0.708. The molecule has 0 aliphatic rings. The first-order chi connectivity index (χ1) is 29.9. The summed E-state index contributed by atoms with van der Waals surface area (Å²) < 4.78 is 36.9. The predicted octanol–water partition coefficient (Wildman–Crippen LogP) is 11.8. The molecule has 0 heterocycles. The molecule has 8 nitrogen and oxygen atoms in total. The Labute approximate surface area is 365 Å². The van der Waals surface area contributed by atoms with E-state index in [0.717, 1.165) is 55.6 Å². The van der Waals surface area contributed by atoms with Gasteiger partial charge in [0.1, 0.15) is 49.4 Å². The van der Waals surface area contributed by atoms with Crippen molar-refractivity contribution in [1.82, 2.24) is 0 Å². The van der Waals surface area contributed by atoms with E-state index in [1.807, 2.05) is 137 Å². The lowest BCUT2D eigenvalue weighted by molar-refractivity contribution is -0.148. The van der Waals surface area contributed by atoms with Gasteiger partial charge in [0.05, 0.1) is 0 Å². The van der Waals surface area contributed by atoms with Crippen molar-refractivity contribution in [1.29, 1.82) is 0 Å². The second-order valence-corrected chi connectivity index (χ2v) is 15.5. The van der Waals surface area contributed by atoms with Crippen LogP contribution in [0.3, 0.4) is 0 Å². The minimum Gasteiger partial charge on any atom is -0.489 e. The molecule has 8 heteroatoms. The molecular weight excluding hydrogens is 777 g/mol. The lowest BCUT2D eigenvalue weighted by Gasteiger charge is -2.22. The van der Waals surface area contributed by atoms with Crippen LogP contribution in [-0.2, 0) is 19.1 Å². The molecule has 0 radical (unpaired) electrons. The van der Waals surface area contributed by atoms with Crippen molar-refractivity contribution in [3.05, 3.63) is 180 Å². The Hall–Kier alpha value is -7.06. The zero-order valence-electron chi connectivity index (χ0n) is 36.4. The van der Waals surface area contributed by atoms with Crippen LogP contribution in [0.25, 0.3) is 33.4 Å². The van der Waals surface area contributed by atoms with Gasteiger partial charge in [-0.05, 0) is 122 Å². The quantitative estimate of drug-likeness (QED) is 0.0589. The Kier molecular flexibility index (Phi) is 15.0. The number of carbonyl (C=O) groups is 2. The van der Waals surface area contributed by atoms with Crippen molar-refractivity contribution in [3.63, 3.8) is 0 Å². The van der Waals surface area contributed by atoms with Gasteiger partial charge in [-0.15, -0.1) is 0 Å². The number of hydrogen-bond acceptors (Lipinski definition) is 8. The van der Waals surface area contributed by atoms with Gasteiger partial charge in [0.25, 0.3) is 0 Å². The Balaban J connectivity index is 1.14. The van der Waals surface area contributed by atoms with Gasteiger partial charge in [0, 0.05) is 22.3 Å². The van der Waals surface area contributed by atoms with E-state index in [4.69, 9.17) is 28.4 Å². The molecule has 0 amide bonds. The molecule has 6 aromatic rings. The highest BCUT2D eigenvalue weighted by Crippen LogP contribution is 2.36. The van der Waals surface area contributed by atoms with E-state index in [-0.39, 0.29) is 26.4 Å². The zero-order chi connectivity index (χ0) is 44.2. The van der Waals surface area contributed by atoms with Gasteiger partial charge in [-0.25, -0.2) is 9.59 Å². The second-order valence-electron chi connectivity index (χ2n) is 15.5. The van der Waals surface area contributed by atoms with Gasteiger partial charge in [0.15, 0.2) is 12.2 Å². The molecule has 2 unspecified atom stereocenters. The van der Waals surface area contributed by atoms with E-state index in [9.17, 15) is 9.59 Å². The molecule has 0 spiro atoms. The Bertz CT molecular complexity index is 2300. The molecule has 0 N–H and O–H groups in total. The molecule has 0 saturated carbocycles. The third kappa shape index (κ3) is 11.6. The Morgan fingerprint density at radius 1 is 0.435 bits per heavy atom. The Morgan fingerprint density at radius 3 is 1.08 bits per heavy atom. The standard InChI is InChI=1S/C54H54O8/c1-35(2)53(55)61-45(31-57-49-25-17-15-23-47(49)41-19-11-9-12-20-41)33-59-51-37(5)27-43(28-38(51)6)44-29-39(7)52(40(8)30-44)60-34-46(62-54(56)36(3)4)32-58-50-26-18-16-24-48(50)42-21-13-10-14-22-42/h9-30,45-46H,1,3,31-34H2,2,4-8H3. The molecule has 0 bridgehead atoms. The number of ether oxygens (including phenoxy) is 6. The maximum Gasteiger partial charge on any atom is 0.333 e. The molecule has 2 atom stereocenters. The van der Waals surface area contributed by atoms with E-state index in [0.29, 0.717) is 34.1 Å². The van der Waals surface area contributed by atoms with Crippen molar-refractivity contribution >= 4 is 11.9 Å². The van der Waals surface area contributed by atoms with E-state index in [1.165, 1.54) is 0 Å². The van der Waals surface area contributed by atoms with Crippen LogP contribution in [0.2, 0.25) is 0 Å². The lowest BCUT2D eigenvalue weighted by atomic mass is 9.96. The minimum absolute atomic E-state index is 0.0745. The van der Waals surface area contributed by atoms with E-state index >= 15 is 0 Å². The fourth-order valence-electron chi connectivity index (χ4n) is 7.04. The molecular formula is C54H54O8. The van der Waals surface area contributed by atoms with Crippen LogP contribution in [0.15, 0.2) is 158 Å². The maximum absolute atomic E-state index is 12.7. The van der Waals surface area contributed by atoms with Gasteiger partial charge in [-0.3, -0.25) is 0 Å². The first kappa shape index (κ1) is 44.5. The summed E-state index contributed by atoms with van der Waals surface area (Å²) in [6.07, 6.45) is -1.42. The number of esters is 2. The fourth-order valence-corrected chi connectivity index (χ4v) is 7.04. The molecule has 0 aliphatic carbocycles. The second kappa shape index (κ2) is 21.0. The van der Waals surface area contributed by atoms with Crippen LogP contribution in [0, 0.1) is 27.7 Å². The first-order valence-corrected chi connectivity index (χ1v) is 20.6. The number of para-hydroxylation sites is 2. The van der Waals surface area contributed by atoms with Crippen LogP contribution in [-0.4, -0.2) is 50.6 Å².